The predicted octanol–water partition coefficient (Wildman–Crippen LogP) is 0.920. The van der Waals surface area contributed by atoms with Crippen molar-refractivity contribution in [3.05, 3.63) is 53.1 Å². The minimum atomic E-state index is -1.10. The van der Waals surface area contributed by atoms with Gasteiger partial charge in [0.2, 0.25) is 5.91 Å². The fourth-order valence-electron chi connectivity index (χ4n) is 2.73. The highest BCUT2D eigenvalue weighted by Crippen LogP contribution is 2.26. The van der Waals surface area contributed by atoms with Gasteiger partial charge in [0.1, 0.15) is 17.6 Å². The molecular weight excluding hydrogens is 303 g/mol. The van der Waals surface area contributed by atoms with Crippen LogP contribution in [-0.4, -0.2) is 45.2 Å². The lowest BCUT2D eigenvalue weighted by molar-refractivity contribution is -0.129. The quantitative estimate of drug-likeness (QED) is 0.779. The number of amides is 1. The Kier molecular flexibility index (Phi) is 4.07. The first-order valence-electron chi connectivity index (χ1n) is 7.09. The molecule has 0 aliphatic carbocycles. The Morgan fingerprint density at radius 2 is 2.13 bits per heavy atom. The highest BCUT2D eigenvalue weighted by molar-refractivity contribution is 5.87. The number of carboxylic acid groups (broad SMARTS) is 1. The van der Waals surface area contributed by atoms with E-state index in [2.05, 4.69) is 15.5 Å². The van der Waals surface area contributed by atoms with Crippen LogP contribution in [-0.2, 0) is 11.3 Å². The van der Waals surface area contributed by atoms with Crippen LogP contribution in [0.3, 0.4) is 0 Å². The number of carbonyl (C=O) groups excluding carboxylic acids is 1. The Hall–Kier alpha value is -2.74. The number of aromatic amines is 1. The van der Waals surface area contributed by atoms with Crippen molar-refractivity contribution in [2.24, 2.45) is 0 Å². The number of carboxylic acids is 1. The van der Waals surface area contributed by atoms with Crippen LogP contribution >= 0.6 is 0 Å². The zero-order chi connectivity index (χ0) is 16.4. The molecule has 3 N–H and O–H groups in total. The van der Waals surface area contributed by atoms with Crippen molar-refractivity contribution < 1.29 is 19.1 Å². The Balaban J connectivity index is 1.89. The molecule has 1 amide bonds. The summed E-state index contributed by atoms with van der Waals surface area (Å²) >= 11 is 0. The van der Waals surface area contributed by atoms with Crippen LogP contribution in [0.5, 0.6) is 0 Å². The lowest BCUT2D eigenvalue weighted by atomic mass is 10.0. The zero-order valence-corrected chi connectivity index (χ0v) is 12.1. The topological polar surface area (TPSA) is 98.3 Å². The molecule has 2 aromatic rings. The summed E-state index contributed by atoms with van der Waals surface area (Å²) in [6, 6.07) is 5.13. The van der Waals surface area contributed by atoms with E-state index < -0.39 is 12.0 Å². The molecule has 1 aliphatic rings. The SMILES string of the molecule is O=C(O)c1[nH]ncc1CN1CCNC(=O)[C@H]1c1ccc(F)cc1. The average molecular weight is 318 g/mol. The van der Waals surface area contributed by atoms with Crippen molar-refractivity contribution in [3.63, 3.8) is 0 Å². The number of aromatic carboxylic acids is 1. The third kappa shape index (κ3) is 3.07. The summed E-state index contributed by atoms with van der Waals surface area (Å²) in [7, 11) is 0. The number of aromatic nitrogens is 2. The first-order chi connectivity index (χ1) is 11.1. The van der Waals surface area contributed by atoms with Crippen molar-refractivity contribution in [1.29, 1.82) is 0 Å². The van der Waals surface area contributed by atoms with Gasteiger partial charge in [-0.3, -0.25) is 14.8 Å². The van der Waals surface area contributed by atoms with E-state index in [4.69, 9.17) is 5.11 Å². The fraction of sp³-hybridized carbons (Fsp3) is 0.267. The van der Waals surface area contributed by atoms with Crippen molar-refractivity contribution in [2.75, 3.05) is 13.1 Å². The fourth-order valence-corrected chi connectivity index (χ4v) is 2.73. The second-order valence-corrected chi connectivity index (χ2v) is 5.29. The van der Waals surface area contributed by atoms with E-state index in [0.29, 0.717) is 24.2 Å². The third-order valence-electron chi connectivity index (χ3n) is 3.80. The van der Waals surface area contributed by atoms with E-state index in [0.717, 1.165) is 0 Å². The van der Waals surface area contributed by atoms with Gasteiger partial charge >= 0.3 is 5.97 Å². The molecule has 1 fully saturated rings. The van der Waals surface area contributed by atoms with Gasteiger partial charge in [-0.05, 0) is 17.7 Å². The Morgan fingerprint density at radius 1 is 1.39 bits per heavy atom. The molecule has 3 rings (SSSR count). The summed E-state index contributed by atoms with van der Waals surface area (Å²) < 4.78 is 13.1. The van der Waals surface area contributed by atoms with E-state index >= 15 is 0 Å². The summed E-state index contributed by atoms with van der Waals surface area (Å²) in [4.78, 5) is 25.3. The van der Waals surface area contributed by atoms with Gasteiger partial charge in [-0.25, -0.2) is 9.18 Å². The first kappa shape index (κ1) is 15.2. The van der Waals surface area contributed by atoms with Crippen molar-refractivity contribution in [3.8, 4) is 0 Å². The van der Waals surface area contributed by atoms with Crippen molar-refractivity contribution in [1.82, 2.24) is 20.4 Å². The second kappa shape index (κ2) is 6.17. The predicted molar refractivity (Wildman–Crippen MR) is 78.1 cm³/mol. The minimum absolute atomic E-state index is 0.00818. The maximum atomic E-state index is 13.1. The molecular formula is C15H15FN4O3. The molecule has 1 aromatic carbocycles. The number of piperazine rings is 1. The number of H-pyrrole nitrogens is 1. The molecule has 1 saturated heterocycles. The summed E-state index contributed by atoms with van der Waals surface area (Å²) in [5.41, 5.74) is 1.16. The molecule has 120 valence electrons. The lowest BCUT2D eigenvalue weighted by Crippen LogP contribution is -2.49. The summed E-state index contributed by atoms with van der Waals surface area (Å²) in [6.07, 6.45) is 1.44. The van der Waals surface area contributed by atoms with E-state index in [9.17, 15) is 14.0 Å². The van der Waals surface area contributed by atoms with Crippen molar-refractivity contribution >= 4 is 11.9 Å². The Bertz CT molecular complexity index is 729. The summed E-state index contributed by atoms with van der Waals surface area (Å²) in [5.74, 6) is -1.67. The van der Waals surface area contributed by atoms with Gasteiger partial charge in [0.25, 0.3) is 0 Å². The molecule has 8 heteroatoms. The van der Waals surface area contributed by atoms with Gasteiger partial charge in [-0.2, -0.15) is 5.10 Å². The molecule has 1 aromatic heterocycles. The van der Waals surface area contributed by atoms with Crippen LogP contribution in [0.25, 0.3) is 0 Å². The van der Waals surface area contributed by atoms with E-state index in [1.54, 1.807) is 12.1 Å². The smallest absolute Gasteiger partial charge is 0.354 e. The molecule has 0 bridgehead atoms. The number of nitrogens with one attached hydrogen (secondary N) is 2. The molecule has 0 unspecified atom stereocenters. The van der Waals surface area contributed by atoms with Gasteiger partial charge in [0, 0.05) is 25.2 Å². The number of benzene rings is 1. The molecule has 1 atom stereocenters. The van der Waals surface area contributed by atoms with Crippen LogP contribution in [0.15, 0.2) is 30.5 Å². The maximum absolute atomic E-state index is 13.1. The largest absolute Gasteiger partial charge is 0.477 e. The van der Waals surface area contributed by atoms with Gasteiger partial charge in [-0.1, -0.05) is 12.1 Å². The second-order valence-electron chi connectivity index (χ2n) is 5.29. The highest BCUT2D eigenvalue weighted by atomic mass is 19.1. The van der Waals surface area contributed by atoms with Crippen LogP contribution < -0.4 is 5.32 Å². The molecule has 0 spiro atoms. The Labute approximate surface area is 131 Å². The third-order valence-corrected chi connectivity index (χ3v) is 3.80. The normalized spacial score (nSPS) is 18.7. The molecule has 0 saturated carbocycles. The molecule has 2 heterocycles. The van der Waals surface area contributed by atoms with Crippen LogP contribution in [0.4, 0.5) is 4.39 Å². The number of carbonyl (C=O) groups is 2. The molecule has 0 radical (unpaired) electrons. The maximum Gasteiger partial charge on any atom is 0.354 e. The van der Waals surface area contributed by atoms with Crippen LogP contribution in [0.2, 0.25) is 0 Å². The standard InChI is InChI=1S/C15H15FN4O3/c16-11-3-1-9(2-4-11)13-14(21)17-5-6-20(13)8-10-7-18-19-12(10)15(22)23/h1-4,7,13H,5-6,8H2,(H,17,21)(H,18,19)(H,22,23)/t13-/m1/s1. The van der Waals surface area contributed by atoms with E-state index in [1.807, 2.05) is 4.90 Å². The number of nitrogens with zero attached hydrogens (tertiary/aromatic N) is 2. The monoisotopic (exact) mass is 318 g/mol. The van der Waals surface area contributed by atoms with Crippen molar-refractivity contribution in [2.45, 2.75) is 12.6 Å². The van der Waals surface area contributed by atoms with E-state index in [1.165, 1.54) is 18.3 Å². The van der Waals surface area contributed by atoms with Gasteiger partial charge < -0.3 is 10.4 Å². The number of hydrogen-bond donors (Lipinski definition) is 3. The molecule has 1 aliphatic heterocycles. The van der Waals surface area contributed by atoms with Gasteiger partial charge in [0.15, 0.2) is 0 Å². The summed E-state index contributed by atoms with van der Waals surface area (Å²) in [5, 5.41) is 18.1. The average Bonchev–Trinajstić information content (AvgIpc) is 2.97. The van der Waals surface area contributed by atoms with Gasteiger partial charge in [-0.15, -0.1) is 0 Å². The Morgan fingerprint density at radius 3 is 2.83 bits per heavy atom. The number of halogens is 1. The van der Waals surface area contributed by atoms with E-state index in [-0.39, 0.29) is 24.0 Å². The van der Waals surface area contributed by atoms with Crippen LogP contribution in [0, 0.1) is 5.82 Å². The highest BCUT2D eigenvalue weighted by Gasteiger charge is 2.32. The van der Waals surface area contributed by atoms with Crippen LogP contribution in [0.1, 0.15) is 27.7 Å². The molecule has 23 heavy (non-hydrogen) atoms. The first-order valence-corrected chi connectivity index (χ1v) is 7.09. The number of rotatable bonds is 4. The lowest BCUT2D eigenvalue weighted by Gasteiger charge is -2.35. The zero-order valence-electron chi connectivity index (χ0n) is 12.1. The summed E-state index contributed by atoms with van der Waals surface area (Å²) in [6.45, 7) is 1.28. The minimum Gasteiger partial charge on any atom is -0.477 e. The molecule has 7 nitrogen and oxygen atoms in total. The van der Waals surface area contributed by atoms with Gasteiger partial charge in [0.05, 0.1) is 6.20 Å². The number of hydrogen-bond acceptors (Lipinski definition) is 4.